The lowest BCUT2D eigenvalue weighted by Gasteiger charge is -2.06. The normalized spacial score (nSPS) is 10.7. The highest BCUT2D eigenvalue weighted by molar-refractivity contribution is 6.09. The highest BCUT2D eigenvalue weighted by Gasteiger charge is 2.11. The number of anilines is 1. The lowest BCUT2D eigenvalue weighted by Crippen LogP contribution is -2.13. The number of ether oxygens (including phenoxy) is 1. The molecule has 0 aliphatic rings. The van der Waals surface area contributed by atoms with Gasteiger partial charge in [-0.1, -0.05) is 29.8 Å². The summed E-state index contributed by atoms with van der Waals surface area (Å²) in [4.78, 5) is 23.8. The number of esters is 1. The van der Waals surface area contributed by atoms with E-state index in [-0.39, 0.29) is 5.57 Å². The fraction of sp³-hybridized carbons (Fsp3) is 0.150. The second kappa shape index (κ2) is 8.46. The number of carbonyl (C=O) groups excluding carboxylic acids is 2. The number of benzene rings is 2. The van der Waals surface area contributed by atoms with E-state index >= 15 is 0 Å². The van der Waals surface area contributed by atoms with Gasteiger partial charge in [0.25, 0.3) is 5.91 Å². The first kappa shape index (κ1) is 18.0. The molecule has 0 radical (unpaired) electrons. The summed E-state index contributed by atoms with van der Waals surface area (Å²) in [5.41, 5.74) is 2.76. The van der Waals surface area contributed by atoms with Crippen molar-refractivity contribution in [2.75, 3.05) is 11.9 Å². The van der Waals surface area contributed by atoms with E-state index in [0.717, 1.165) is 11.1 Å². The lowest BCUT2D eigenvalue weighted by atomic mass is 10.1. The van der Waals surface area contributed by atoms with E-state index < -0.39 is 11.9 Å². The van der Waals surface area contributed by atoms with Crippen LogP contribution in [0.15, 0.2) is 54.1 Å². The van der Waals surface area contributed by atoms with Crippen LogP contribution in [-0.2, 0) is 9.53 Å². The highest BCUT2D eigenvalue weighted by Crippen LogP contribution is 2.14. The van der Waals surface area contributed by atoms with E-state index in [2.05, 4.69) is 5.32 Å². The Labute approximate surface area is 146 Å². The Kier molecular flexibility index (Phi) is 6.08. The number of carbonyl (C=O) groups is 2. The number of nitrogens with one attached hydrogen (secondary N) is 1. The molecule has 1 N–H and O–H groups in total. The molecule has 0 unspecified atom stereocenters. The highest BCUT2D eigenvalue weighted by atomic mass is 16.5. The molecule has 0 aliphatic carbocycles. The van der Waals surface area contributed by atoms with Gasteiger partial charge in [-0.3, -0.25) is 4.79 Å². The second-order valence-electron chi connectivity index (χ2n) is 5.33. The SMILES string of the molecule is CCOC(=O)c1ccc(NC(=O)/C(C#N)=C/c2ccc(C)cc2)cc1. The largest absolute Gasteiger partial charge is 0.462 e. The summed E-state index contributed by atoms with van der Waals surface area (Å²) in [6, 6.07) is 15.7. The first-order valence-corrected chi connectivity index (χ1v) is 7.80. The van der Waals surface area contributed by atoms with Crippen molar-refractivity contribution < 1.29 is 14.3 Å². The maximum atomic E-state index is 12.2. The van der Waals surface area contributed by atoms with Crippen LogP contribution in [0.3, 0.4) is 0 Å². The van der Waals surface area contributed by atoms with Crippen molar-refractivity contribution in [1.29, 1.82) is 5.26 Å². The van der Waals surface area contributed by atoms with Crippen molar-refractivity contribution in [2.45, 2.75) is 13.8 Å². The summed E-state index contributed by atoms with van der Waals surface area (Å²) in [5.74, 6) is -0.927. The van der Waals surface area contributed by atoms with Crippen molar-refractivity contribution in [1.82, 2.24) is 0 Å². The fourth-order valence-electron chi connectivity index (χ4n) is 2.08. The van der Waals surface area contributed by atoms with Crippen molar-refractivity contribution in [3.8, 4) is 6.07 Å². The number of nitriles is 1. The minimum atomic E-state index is -0.507. The summed E-state index contributed by atoms with van der Waals surface area (Å²) in [6.07, 6.45) is 1.53. The lowest BCUT2D eigenvalue weighted by molar-refractivity contribution is -0.112. The maximum Gasteiger partial charge on any atom is 0.338 e. The van der Waals surface area contributed by atoms with Gasteiger partial charge in [0, 0.05) is 5.69 Å². The third-order valence-corrected chi connectivity index (χ3v) is 3.41. The van der Waals surface area contributed by atoms with Crippen LogP contribution in [0, 0.1) is 18.3 Å². The van der Waals surface area contributed by atoms with E-state index in [1.165, 1.54) is 6.08 Å². The number of rotatable bonds is 5. The van der Waals surface area contributed by atoms with Gasteiger partial charge in [0.15, 0.2) is 0 Å². The zero-order valence-corrected chi connectivity index (χ0v) is 14.1. The predicted octanol–water partition coefficient (Wildman–Crippen LogP) is 3.72. The summed E-state index contributed by atoms with van der Waals surface area (Å²) in [6.45, 7) is 3.99. The van der Waals surface area contributed by atoms with Gasteiger partial charge in [-0.25, -0.2) is 4.79 Å². The van der Waals surface area contributed by atoms with E-state index in [4.69, 9.17) is 4.74 Å². The molecular weight excluding hydrogens is 316 g/mol. The van der Waals surface area contributed by atoms with E-state index in [1.54, 1.807) is 31.2 Å². The zero-order chi connectivity index (χ0) is 18.2. The van der Waals surface area contributed by atoms with Gasteiger partial charge < -0.3 is 10.1 Å². The molecule has 5 nitrogen and oxygen atoms in total. The Bertz CT molecular complexity index is 829. The summed E-state index contributed by atoms with van der Waals surface area (Å²) in [5, 5.41) is 11.9. The number of hydrogen-bond acceptors (Lipinski definition) is 4. The Balaban J connectivity index is 2.10. The molecule has 0 heterocycles. The minimum Gasteiger partial charge on any atom is -0.462 e. The topological polar surface area (TPSA) is 79.2 Å². The second-order valence-corrected chi connectivity index (χ2v) is 5.33. The number of amides is 1. The Morgan fingerprint density at radius 2 is 1.76 bits per heavy atom. The van der Waals surface area contributed by atoms with Crippen LogP contribution < -0.4 is 5.32 Å². The molecule has 2 aromatic carbocycles. The average Bonchev–Trinajstić information content (AvgIpc) is 2.62. The zero-order valence-electron chi connectivity index (χ0n) is 14.1. The third-order valence-electron chi connectivity index (χ3n) is 3.41. The van der Waals surface area contributed by atoms with Crippen LogP contribution in [0.4, 0.5) is 5.69 Å². The van der Waals surface area contributed by atoms with E-state index in [9.17, 15) is 14.9 Å². The molecule has 1 amide bonds. The first-order chi connectivity index (χ1) is 12.0. The Hall–Kier alpha value is -3.39. The van der Waals surface area contributed by atoms with Crippen LogP contribution in [0.25, 0.3) is 6.08 Å². The molecule has 2 rings (SSSR count). The van der Waals surface area contributed by atoms with Gasteiger partial charge in [-0.15, -0.1) is 0 Å². The molecule has 0 fully saturated rings. The third kappa shape index (κ3) is 5.05. The molecule has 0 saturated heterocycles. The average molecular weight is 334 g/mol. The molecule has 0 atom stereocenters. The first-order valence-electron chi connectivity index (χ1n) is 7.80. The van der Waals surface area contributed by atoms with Crippen molar-refractivity contribution in [3.63, 3.8) is 0 Å². The summed E-state index contributed by atoms with van der Waals surface area (Å²) in [7, 11) is 0. The molecule has 0 spiro atoms. The quantitative estimate of drug-likeness (QED) is 0.513. The molecule has 0 saturated carbocycles. The van der Waals surface area contributed by atoms with Crippen molar-refractivity contribution >= 4 is 23.6 Å². The standard InChI is InChI=1S/C20H18N2O3/c1-3-25-20(24)16-8-10-18(11-9-16)22-19(23)17(13-21)12-15-6-4-14(2)5-7-15/h4-12H,3H2,1-2H3,(H,22,23)/b17-12+. The van der Waals surface area contributed by atoms with E-state index in [0.29, 0.717) is 17.9 Å². The monoisotopic (exact) mass is 334 g/mol. The van der Waals surface area contributed by atoms with Crippen molar-refractivity contribution in [2.24, 2.45) is 0 Å². The Morgan fingerprint density at radius 3 is 2.32 bits per heavy atom. The molecule has 126 valence electrons. The molecule has 0 bridgehead atoms. The number of aryl methyl sites for hydroxylation is 1. The molecule has 0 aromatic heterocycles. The molecule has 25 heavy (non-hydrogen) atoms. The van der Waals surface area contributed by atoms with Gasteiger partial charge in [0.2, 0.25) is 0 Å². The maximum absolute atomic E-state index is 12.2. The Morgan fingerprint density at radius 1 is 1.12 bits per heavy atom. The van der Waals surface area contributed by atoms with Gasteiger partial charge in [-0.05, 0) is 49.8 Å². The van der Waals surface area contributed by atoms with Gasteiger partial charge in [0.05, 0.1) is 12.2 Å². The van der Waals surface area contributed by atoms with Gasteiger partial charge >= 0.3 is 5.97 Å². The fourth-order valence-corrected chi connectivity index (χ4v) is 2.08. The summed E-state index contributed by atoms with van der Waals surface area (Å²) < 4.78 is 4.90. The van der Waals surface area contributed by atoms with Crippen LogP contribution in [-0.4, -0.2) is 18.5 Å². The minimum absolute atomic E-state index is 0.00155. The smallest absolute Gasteiger partial charge is 0.338 e. The summed E-state index contributed by atoms with van der Waals surface area (Å²) >= 11 is 0. The molecular formula is C20H18N2O3. The molecule has 5 heteroatoms. The van der Waals surface area contributed by atoms with Gasteiger partial charge in [0.1, 0.15) is 11.6 Å². The van der Waals surface area contributed by atoms with Crippen LogP contribution in [0.1, 0.15) is 28.4 Å². The molecule has 0 aliphatic heterocycles. The van der Waals surface area contributed by atoms with Crippen LogP contribution >= 0.6 is 0 Å². The van der Waals surface area contributed by atoms with Crippen molar-refractivity contribution in [3.05, 3.63) is 70.8 Å². The van der Waals surface area contributed by atoms with Crippen LogP contribution in [0.5, 0.6) is 0 Å². The number of hydrogen-bond donors (Lipinski definition) is 1. The van der Waals surface area contributed by atoms with Crippen LogP contribution in [0.2, 0.25) is 0 Å². The number of nitrogens with zero attached hydrogens (tertiary/aromatic N) is 1. The van der Waals surface area contributed by atoms with Gasteiger partial charge in [-0.2, -0.15) is 5.26 Å². The predicted molar refractivity (Wildman–Crippen MR) is 95.8 cm³/mol. The van der Waals surface area contributed by atoms with E-state index in [1.807, 2.05) is 37.3 Å². The molecule has 2 aromatic rings.